The van der Waals surface area contributed by atoms with Crippen molar-refractivity contribution in [3.8, 4) is 0 Å². The van der Waals surface area contributed by atoms with Crippen LogP contribution in [0.3, 0.4) is 0 Å². The van der Waals surface area contributed by atoms with Crippen LogP contribution in [0.1, 0.15) is 30.0 Å². The average molecular weight is 322 g/mol. The van der Waals surface area contributed by atoms with E-state index < -0.39 is 0 Å². The zero-order valence-corrected chi connectivity index (χ0v) is 12.6. The van der Waals surface area contributed by atoms with Crippen LogP contribution in [0.25, 0.3) is 0 Å². The third kappa shape index (κ3) is 3.13. The van der Waals surface area contributed by atoms with E-state index in [1.165, 1.54) is 6.07 Å². The molecule has 1 heterocycles. The van der Waals surface area contributed by atoms with E-state index in [-0.39, 0.29) is 24.4 Å². The topological polar surface area (TPSA) is 89.8 Å². The molecule has 1 aromatic heterocycles. The molecule has 1 fully saturated rings. The third-order valence-corrected chi connectivity index (χ3v) is 4.22. The van der Waals surface area contributed by atoms with Crippen LogP contribution in [-0.2, 0) is 6.54 Å². The molecule has 0 amide bonds. The van der Waals surface area contributed by atoms with Crippen LogP contribution in [0.15, 0.2) is 24.3 Å². The van der Waals surface area contributed by atoms with Crippen molar-refractivity contribution in [1.82, 2.24) is 9.97 Å². The largest absolute Gasteiger partial charge is 0.368 e. The molecule has 3 rings (SSSR count). The van der Waals surface area contributed by atoms with Gasteiger partial charge in [-0.05, 0) is 25.0 Å². The van der Waals surface area contributed by atoms with Crippen molar-refractivity contribution in [1.29, 1.82) is 0 Å². The molecule has 0 radical (unpaired) electrons. The lowest BCUT2D eigenvalue weighted by molar-refractivity contribution is 0.345. The van der Waals surface area contributed by atoms with Gasteiger partial charge in [-0.3, -0.25) is 0 Å². The summed E-state index contributed by atoms with van der Waals surface area (Å²) in [7, 11) is 0. The summed E-state index contributed by atoms with van der Waals surface area (Å²) in [4.78, 5) is 8.38. The van der Waals surface area contributed by atoms with Gasteiger partial charge in [0.25, 0.3) is 0 Å². The van der Waals surface area contributed by atoms with Crippen LogP contribution in [0, 0.1) is 5.82 Å². The summed E-state index contributed by atoms with van der Waals surface area (Å²) >= 11 is 6.01. The summed E-state index contributed by atoms with van der Waals surface area (Å²) in [6.45, 7) is 0.228. The highest BCUT2D eigenvalue weighted by molar-refractivity contribution is 6.31. The Morgan fingerprint density at radius 3 is 2.77 bits per heavy atom. The molecule has 0 spiro atoms. The molecular formula is C15H17ClFN5. The van der Waals surface area contributed by atoms with E-state index in [9.17, 15) is 4.39 Å². The normalized spacial score (nSPS) is 20.5. The zero-order valence-electron chi connectivity index (χ0n) is 11.9. The van der Waals surface area contributed by atoms with Gasteiger partial charge >= 0.3 is 0 Å². The highest BCUT2D eigenvalue weighted by Crippen LogP contribution is 2.35. The number of hydrogen-bond donors (Lipinski definition) is 3. The predicted molar refractivity (Wildman–Crippen MR) is 85.1 cm³/mol. The van der Waals surface area contributed by atoms with Gasteiger partial charge in [-0.25, -0.2) is 9.37 Å². The molecule has 116 valence electrons. The number of nitrogens with two attached hydrogens (primary N) is 2. The van der Waals surface area contributed by atoms with Gasteiger partial charge in [-0.1, -0.05) is 17.7 Å². The van der Waals surface area contributed by atoms with Crippen molar-refractivity contribution in [3.05, 3.63) is 46.4 Å². The van der Waals surface area contributed by atoms with Crippen molar-refractivity contribution < 1.29 is 4.39 Å². The molecule has 5 nitrogen and oxygen atoms in total. The van der Waals surface area contributed by atoms with Crippen LogP contribution in [0.2, 0.25) is 5.02 Å². The molecule has 1 saturated carbocycles. The number of nitrogens with one attached hydrogen (secondary N) is 1. The van der Waals surface area contributed by atoms with E-state index in [0.717, 1.165) is 18.5 Å². The van der Waals surface area contributed by atoms with E-state index in [1.54, 1.807) is 12.1 Å². The predicted octanol–water partition coefficient (Wildman–Crippen LogP) is 2.67. The fraction of sp³-hybridized carbons (Fsp3) is 0.333. The maximum Gasteiger partial charge on any atom is 0.222 e. The Morgan fingerprint density at radius 1 is 1.32 bits per heavy atom. The molecule has 22 heavy (non-hydrogen) atoms. The fourth-order valence-electron chi connectivity index (χ4n) is 2.57. The first-order valence-corrected chi connectivity index (χ1v) is 7.47. The van der Waals surface area contributed by atoms with E-state index in [1.807, 2.05) is 6.07 Å². The van der Waals surface area contributed by atoms with E-state index >= 15 is 0 Å². The number of rotatable bonds is 4. The lowest BCUT2D eigenvalue weighted by Gasteiger charge is -2.32. The second-order valence-corrected chi connectivity index (χ2v) is 5.93. The van der Waals surface area contributed by atoms with Gasteiger partial charge in [0.15, 0.2) is 0 Å². The van der Waals surface area contributed by atoms with E-state index in [2.05, 4.69) is 15.3 Å². The average Bonchev–Trinajstić information content (AvgIpc) is 2.43. The number of benzene rings is 1. The smallest absolute Gasteiger partial charge is 0.222 e. The number of hydrogen-bond acceptors (Lipinski definition) is 5. The molecule has 0 saturated heterocycles. The molecule has 2 aromatic rings. The van der Waals surface area contributed by atoms with Crippen LogP contribution in [0.5, 0.6) is 0 Å². The van der Waals surface area contributed by atoms with Crippen LogP contribution >= 0.6 is 11.6 Å². The fourth-order valence-corrected chi connectivity index (χ4v) is 2.80. The van der Waals surface area contributed by atoms with Crippen LogP contribution in [0.4, 0.5) is 16.2 Å². The lowest BCUT2D eigenvalue weighted by Crippen LogP contribution is -2.35. The Morgan fingerprint density at radius 2 is 2.09 bits per heavy atom. The first-order chi connectivity index (χ1) is 10.5. The maximum atomic E-state index is 13.8. The Labute approximate surface area is 132 Å². The van der Waals surface area contributed by atoms with Gasteiger partial charge < -0.3 is 16.8 Å². The standard InChI is InChI=1S/C15H17ClFN5/c16-11-2-1-3-12(17)10(11)7-20-14-6-13(21-15(19)22-14)8-4-9(18)5-8/h1-3,6,8-9H,4-5,7,18H2,(H3,19,20,21,22). The van der Waals surface area contributed by atoms with Gasteiger partial charge in [0.1, 0.15) is 11.6 Å². The molecule has 0 unspecified atom stereocenters. The summed E-state index contributed by atoms with van der Waals surface area (Å²) in [5.41, 5.74) is 12.8. The number of aromatic nitrogens is 2. The van der Waals surface area contributed by atoms with Crippen molar-refractivity contribution in [2.45, 2.75) is 31.3 Å². The van der Waals surface area contributed by atoms with E-state index in [4.69, 9.17) is 23.1 Å². The monoisotopic (exact) mass is 321 g/mol. The summed E-state index contributed by atoms with van der Waals surface area (Å²) in [6, 6.07) is 6.66. The first-order valence-electron chi connectivity index (χ1n) is 7.09. The van der Waals surface area contributed by atoms with Crippen molar-refractivity contribution in [2.75, 3.05) is 11.1 Å². The summed E-state index contributed by atoms with van der Waals surface area (Å²) < 4.78 is 13.8. The third-order valence-electron chi connectivity index (χ3n) is 3.86. The van der Waals surface area contributed by atoms with E-state index in [0.29, 0.717) is 22.3 Å². The second-order valence-electron chi connectivity index (χ2n) is 5.52. The lowest BCUT2D eigenvalue weighted by atomic mass is 9.78. The Hall–Kier alpha value is -1.92. The molecule has 1 aliphatic rings. The number of nitrogens with zero attached hydrogens (tertiary/aromatic N) is 2. The highest BCUT2D eigenvalue weighted by Gasteiger charge is 2.29. The van der Waals surface area contributed by atoms with Crippen LogP contribution < -0.4 is 16.8 Å². The summed E-state index contributed by atoms with van der Waals surface area (Å²) in [5.74, 6) is 0.715. The zero-order chi connectivity index (χ0) is 15.7. The van der Waals surface area contributed by atoms with Gasteiger partial charge in [-0.15, -0.1) is 0 Å². The molecule has 0 atom stereocenters. The number of halogens is 2. The SMILES string of the molecule is Nc1nc(NCc2c(F)cccc2Cl)cc(C2CC(N)C2)n1. The highest BCUT2D eigenvalue weighted by atomic mass is 35.5. The Bertz CT molecular complexity index is 667. The molecule has 7 heteroatoms. The van der Waals surface area contributed by atoms with Crippen molar-refractivity contribution >= 4 is 23.4 Å². The molecule has 1 aliphatic carbocycles. The van der Waals surface area contributed by atoms with Gasteiger partial charge in [-0.2, -0.15) is 4.98 Å². The second kappa shape index (κ2) is 6.06. The van der Waals surface area contributed by atoms with Gasteiger partial charge in [0.2, 0.25) is 5.95 Å². The van der Waals surface area contributed by atoms with Gasteiger partial charge in [0.05, 0.1) is 5.69 Å². The molecule has 5 N–H and O–H groups in total. The first kappa shape index (κ1) is 15.0. The molecule has 0 bridgehead atoms. The van der Waals surface area contributed by atoms with Crippen LogP contribution in [-0.4, -0.2) is 16.0 Å². The number of nitrogen functional groups attached to an aromatic ring is 1. The summed E-state index contributed by atoms with van der Waals surface area (Å²) in [5, 5.41) is 3.43. The quantitative estimate of drug-likeness (QED) is 0.805. The van der Waals surface area contributed by atoms with Crippen molar-refractivity contribution in [2.24, 2.45) is 5.73 Å². The van der Waals surface area contributed by atoms with Crippen molar-refractivity contribution in [3.63, 3.8) is 0 Å². The minimum Gasteiger partial charge on any atom is -0.368 e. The molecule has 0 aliphatic heterocycles. The Kier molecular flexibility index (Phi) is 4.13. The molecular weight excluding hydrogens is 305 g/mol. The minimum atomic E-state index is -0.354. The van der Waals surface area contributed by atoms with Gasteiger partial charge in [0, 0.05) is 35.2 Å². The number of anilines is 2. The maximum absolute atomic E-state index is 13.8. The molecule has 1 aromatic carbocycles. The minimum absolute atomic E-state index is 0.195. The Balaban J connectivity index is 1.75. The summed E-state index contributed by atoms with van der Waals surface area (Å²) in [6.07, 6.45) is 1.80.